The van der Waals surface area contributed by atoms with Gasteiger partial charge in [0.2, 0.25) is 5.91 Å². The molecule has 0 aliphatic carbocycles. The Hall–Kier alpha value is -0.810. The minimum atomic E-state index is -0.463. The van der Waals surface area contributed by atoms with Crippen LogP contribution in [0.15, 0.2) is 0 Å². The number of hydrogen-bond donors (Lipinski definition) is 1. The maximum absolute atomic E-state index is 11.8. The summed E-state index contributed by atoms with van der Waals surface area (Å²) >= 11 is 5.34. The lowest BCUT2D eigenvalue weighted by atomic mass is 10.2. The first-order valence-electron chi connectivity index (χ1n) is 5.66. The summed E-state index contributed by atoms with van der Waals surface area (Å²) in [5.74, 6) is -0.307. The van der Waals surface area contributed by atoms with Gasteiger partial charge < -0.3 is 9.80 Å². The SMILES string of the molecule is CC(C)CN(CCN(C)C)C(=O)NC(=O)CCl. The maximum Gasteiger partial charge on any atom is 0.324 e. The van der Waals surface area contributed by atoms with Crippen LogP contribution in [0.4, 0.5) is 4.79 Å². The highest BCUT2D eigenvalue weighted by Gasteiger charge is 2.16. The molecule has 5 nitrogen and oxygen atoms in total. The first-order valence-corrected chi connectivity index (χ1v) is 6.19. The zero-order chi connectivity index (χ0) is 13.4. The summed E-state index contributed by atoms with van der Waals surface area (Å²) in [6.07, 6.45) is 0. The standard InChI is InChI=1S/C11H22ClN3O2/c1-9(2)8-15(6-5-14(3)4)11(17)13-10(16)7-12/h9H,5-8H2,1-4H3,(H,13,16,17). The Morgan fingerprint density at radius 1 is 1.24 bits per heavy atom. The molecule has 0 spiro atoms. The first kappa shape index (κ1) is 16.2. The van der Waals surface area contributed by atoms with E-state index in [0.717, 1.165) is 6.54 Å². The second kappa shape index (κ2) is 8.31. The molecule has 0 aliphatic rings. The zero-order valence-corrected chi connectivity index (χ0v) is 11.8. The molecule has 0 aromatic carbocycles. The summed E-state index contributed by atoms with van der Waals surface area (Å²) in [5.41, 5.74) is 0. The van der Waals surface area contributed by atoms with E-state index in [4.69, 9.17) is 11.6 Å². The lowest BCUT2D eigenvalue weighted by molar-refractivity contribution is -0.117. The molecule has 3 amide bonds. The van der Waals surface area contributed by atoms with E-state index in [0.29, 0.717) is 19.0 Å². The fraction of sp³-hybridized carbons (Fsp3) is 0.818. The number of likely N-dealkylation sites (N-methyl/N-ethyl adjacent to an activating group) is 1. The Morgan fingerprint density at radius 2 is 1.82 bits per heavy atom. The van der Waals surface area contributed by atoms with E-state index in [2.05, 4.69) is 5.32 Å². The molecule has 0 radical (unpaired) electrons. The Labute approximate surface area is 108 Å². The Balaban J connectivity index is 4.34. The number of nitrogens with zero attached hydrogens (tertiary/aromatic N) is 2. The molecule has 0 saturated heterocycles. The molecule has 0 bridgehead atoms. The normalized spacial score (nSPS) is 10.8. The fourth-order valence-electron chi connectivity index (χ4n) is 1.27. The fourth-order valence-corrected chi connectivity index (χ4v) is 1.34. The van der Waals surface area contributed by atoms with Crippen molar-refractivity contribution in [1.29, 1.82) is 0 Å². The lowest BCUT2D eigenvalue weighted by Crippen LogP contribution is -2.47. The smallest absolute Gasteiger partial charge is 0.323 e. The van der Waals surface area contributed by atoms with E-state index in [1.165, 1.54) is 0 Å². The largest absolute Gasteiger partial charge is 0.324 e. The molecule has 6 heteroatoms. The van der Waals surface area contributed by atoms with Gasteiger partial charge >= 0.3 is 6.03 Å². The predicted molar refractivity (Wildman–Crippen MR) is 69.2 cm³/mol. The number of alkyl halides is 1. The van der Waals surface area contributed by atoms with Crippen LogP contribution in [-0.2, 0) is 4.79 Å². The molecule has 0 heterocycles. The second-order valence-corrected chi connectivity index (χ2v) is 4.90. The van der Waals surface area contributed by atoms with Crippen molar-refractivity contribution in [3.8, 4) is 0 Å². The molecule has 0 rings (SSSR count). The van der Waals surface area contributed by atoms with Crippen LogP contribution < -0.4 is 5.32 Å². The van der Waals surface area contributed by atoms with Gasteiger partial charge in [0.15, 0.2) is 0 Å². The van der Waals surface area contributed by atoms with Gasteiger partial charge in [0.1, 0.15) is 5.88 Å². The summed E-state index contributed by atoms with van der Waals surface area (Å²) in [4.78, 5) is 26.5. The summed E-state index contributed by atoms with van der Waals surface area (Å²) in [6.45, 7) is 6.02. The Kier molecular flexibility index (Phi) is 7.91. The Morgan fingerprint density at radius 3 is 2.24 bits per heavy atom. The number of hydrogen-bond acceptors (Lipinski definition) is 3. The van der Waals surface area contributed by atoms with Crippen LogP contribution in [0, 0.1) is 5.92 Å². The van der Waals surface area contributed by atoms with Gasteiger partial charge in [-0.3, -0.25) is 10.1 Å². The number of imide groups is 1. The molecule has 100 valence electrons. The van der Waals surface area contributed by atoms with Crippen molar-refractivity contribution in [3.05, 3.63) is 0 Å². The number of carbonyl (C=O) groups is 2. The van der Waals surface area contributed by atoms with Crippen LogP contribution in [0.1, 0.15) is 13.8 Å². The summed E-state index contributed by atoms with van der Waals surface area (Å²) in [6, 6.07) is -0.369. The molecule has 0 atom stereocenters. The molecule has 1 N–H and O–H groups in total. The van der Waals surface area contributed by atoms with Gasteiger partial charge in [0.05, 0.1) is 0 Å². The monoisotopic (exact) mass is 263 g/mol. The quantitative estimate of drug-likeness (QED) is 0.727. The molecular formula is C11H22ClN3O2. The molecule has 0 unspecified atom stereocenters. The number of amides is 3. The molecule has 17 heavy (non-hydrogen) atoms. The van der Waals surface area contributed by atoms with Crippen molar-refractivity contribution in [3.63, 3.8) is 0 Å². The number of carbonyl (C=O) groups excluding carboxylic acids is 2. The third-order valence-electron chi connectivity index (χ3n) is 2.06. The first-order chi connectivity index (χ1) is 7.86. The topological polar surface area (TPSA) is 52.6 Å². The van der Waals surface area contributed by atoms with Gasteiger partial charge in [-0.2, -0.15) is 0 Å². The molecule has 0 aromatic heterocycles. The summed E-state index contributed by atoms with van der Waals surface area (Å²) < 4.78 is 0. The van der Waals surface area contributed by atoms with Crippen LogP contribution in [-0.4, -0.2) is 61.3 Å². The van der Waals surface area contributed by atoms with Crippen LogP contribution in [0.3, 0.4) is 0 Å². The van der Waals surface area contributed by atoms with Gasteiger partial charge in [-0.25, -0.2) is 4.79 Å². The third-order valence-corrected chi connectivity index (χ3v) is 2.30. The highest BCUT2D eigenvalue weighted by Crippen LogP contribution is 1.99. The van der Waals surface area contributed by atoms with Crippen molar-refractivity contribution in [2.45, 2.75) is 13.8 Å². The maximum atomic E-state index is 11.8. The highest BCUT2D eigenvalue weighted by atomic mass is 35.5. The van der Waals surface area contributed by atoms with Crippen molar-refractivity contribution < 1.29 is 9.59 Å². The average molecular weight is 264 g/mol. The molecule has 0 fully saturated rings. The molecule has 0 saturated carbocycles. The predicted octanol–water partition coefficient (Wildman–Crippen LogP) is 0.981. The Bertz CT molecular complexity index is 257. The number of urea groups is 1. The lowest BCUT2D eigenvalue weighted by Gasteiger charge is -2.25. The van der Waals surface area contributed by atoms with Crippen LogP contribution in [0.2, 0.25) is 0 Å². The number of rotatable bonds is 6. The van der Waals surface area contributed by atoms with E-state index in [-0.39, 0.29) is 11.9 Å². The summed E-state index contributed by atoms with van der Waals surface area (Å²) in [7, 11) is 3.88. The van der Waals surface area contributed by atoms with Crippen molar-refractivity contribution >= 4 is 23.5 Å². The molecule has 0 aromatic rings. The molecular weight excluding hydrogens is 242 g/mol. The van der Waals surface area contributed by atoms with E-state index in [1.807, 2.05) is 32.8 Å². The van der Waals surface area contributed by atoms with Gasteiger partial charge in [-0.15, -0.1) is 11.6 Å². The van der Waals surface area contributed by atoms with E-state index in [1.54, 1.807) is 4.90 Å². The minimum absolute atomic E-state index is 0.199. The van der Waals surface area contributed by atoms with Gasteiger partial charge in [-0.1, -0.05) is 13.8 Å². The van der Waals surface area contributed by atoms with Gasteiger partial charge in [-0.05, 0) is 20.0 Å². The molecule has 0 aliphatic heterocycles. The van der Waals surface area contributed by atoms with Gasteiger partial charge in [0, 0.05) is 19.6 Å². The van der Waals surface area contributed by atoms with Crippen LogP contribution in [0.5, 0.6) is 0 Å². The van der Waals surface area contributed by atoms with Crippen molar-refractivity contribution in [2.24, 2.45) is 5.92 Å². The summed E-state index contributed by atoms with van der Waals surface area (Å²) in [5, 5.41) is 2.26. The zero-order valence-electron chi connectivity index (χ0n) is 11.0. The van der Waals surface area contributed by atoms with Crippen molar-refractivity contribution in [1.82, 2.24) is 15.1 Å². The average Bonchev–Trinajstić information content (AvgIpc) is 2.22. The number of nitrogens with one attached hydrogen (secondary N) is 1. The van der Waals surface area contributed by atoms with Crippen LogP contribution >= 0.6 is 11.6 Å². The van der Waals surface area contributed by atoms with Crippen molar-refractivity contribution in [2.75, 3.05) is 39.6 Å². The van der Waals surface area contributed by atoms with E-state index >= 15 is 0 Å². The third kappa shape index (κ3) is 7.99. The second-order valence-electron chi connectivity index (χ2n) is 4.63. The van der Waals surface area contributed by atoms with Crippen LogP contribution in [0.25, 0.3) is 0 Å². The minimum Gasteiger partial charge on any atom is -0.323 e. The number of halogens is 1. The highest BCUT2D eigenvalue weighted by molar-refractivity contribution is 6.28. The van der Waals surface area contributed by atoms with E-state index < -0.39 is 5.91 Å². The van der Waals surface area contributed by atoms with Gasteiger partial charge in [0.25, 0.3) is 0 Å². The van der Waals surface area contributed by atoms with E-state index in [9.17, 15) is 9.59 Å².